The van der Waals surface area contributed by atoms with Crippen LogP contribution in [0.1, 0.15) is 29.3 Å². The maximum absolute atomic E-state index is 12.2. The number of benzene rings is 2. The van der Waals surface area contributed by atoms with Crippen molar-refractivity contribution < 1.29 is 24.2 Å². The molecule has 5 heteroatoms. The molecule has 0 heterocycles. The molecule has 0 amide bonds. The van der Waals surface area contributed by atoms with E-state index in [0.29, 0.717) is 12.2 Å². The Balaban J connectivity index is 2.10. The second-order valence-corrected chi connectivity index (χ2v) is 5.03. The van der Waals surface area contributed by atoms with Crippen molar-refractivity contribution in [2.24, 2.45) is 0 Å². The van der Waals surface area contributed by atoms with Crippen molar-refractivity contribution in [3.05, 3.63) is 59.7 Å². The number of rotatable bonds is 6. The quantitative estimate of drug-likeness (QED) is 0.653. The van der Waals surface area contributed by atoms with E-state index in [4.69, 9.17) is 14.6 Å². The second kappa shape index (κ2) is 7.45. The minimum atomic E-state index is -1.08. The average molecular weight is 314 g/mol. The van der Waals surface area contributed by atoms with E-state index in [9.17, 15) is 9.59 Å². The minimum Gasteiger partial charge on any atom is -0.478 e. The third-order valence-corrected chi connectivity index (χ3v) is 3.30. The number of hydrogen-bond acceptors (Lipinski definition) is 4. The first-order valence-electron chi connectivity index (χ1n) is 7.28. The fourth-order valence-electron chi connectivity index (χ4n) is 2.01. The molecule has 120 valence electrons. The van der Waals surface area contributed by atoms with Gasteiger partial charge in [0.1, 0.15) is 11.5 Å². The zero-order valence-corrected chi connectivity index (χ0v) is 13.0. The van der Waals surface area contributed by atoms with Crippen LogP contribution in [-0.4, -0.2) is 23.1 Å². The van der Waals surface area contributed by atoms with E-state index in [1.54, 1.807) is 6.07 Å². The third kappa shape index (κ3) is 4.32. The van der Waals surface area contributed by atoms with Crippen molar-refractivity contribution in [3.63, 3.8) is 0 Å². The lowest BCUT2D eigenvalue weighted by atomic mass is 10.2. The molecular formula is C18H18O5. The Kier molecular flexibility index (Phi) is 5.36. The molecule has 1 unspecified atom stereocenters. The van der Waals surface area contributed by atoms with Gasteiger partial charge in [0.2, 0.25) is 0 Å². The normalized spacial score (nSPS) is 11.6. The number of ether oxygens (including phenoxy) is 2. The molecule has 0 saturated heterocycles. The summed E-state index contributed by atoms with van der Waals surface area (Å²) >= 11 is 0. The second-order valence-electron chi connectivity index (χ2n) is 5.03. The molecule has 0 saturated carbocycles. The Morgan fingerprint density at radius 2 is 1.87 bits per heavy atom. The Morgan fingerprint density at radius 3 is 2.52 bits per heavy atom. The summed E-state index contributed by atoms with van der Waals surface area (Å²) in [5.74, 6) is -0.832. The summed E-state index contributed by atoms with van der Waals surface area (Å²) < 4.78 is 11.0. The molecule has 0 aliphatic carbocycles. The van der Waals surface area contributed by atoms with Crippen LogP contribution >= 0.6 is 0 Å². The van der Waals surface area contributed by atoms with Crippen LogP contribution in [0.5, 0.6) is 11.5 Å². The van der Waals surface area contributed by atoms with Crippen molar-refractivity contribution in [2.75, 3.05) is 0 Å². The summed E-state index contributed by atoms with van der Waals surface area (Å²) in [4.78, 5) is 23.2. The molecule has 0 radical (unpaired) electrons. The Bertz CT molecular complexity index is 708. The van der Waals surface area contributed by atoms with Gasteiger partial charge in [-0.2, -0.15) is 0 Å². The van der Waals surface area contributed by atoms with Crippen LogP contribution in [0.3, 0.4) is 0 Å². The van der Waals surface area contributed by atoms with Gasteiger partial charge in [-0.1, -0.05) is 31.2 Å². The average Bonchev–Trinajstić information content (AvgIpc) is 2.54. The monoisotopic (exact) mass is 314 g/mol. The summed E-state index contributed by atoms with van der Waals surface area (Å²) in [5, 5.41) is 8.96. The molecule has 0 aliphatic heterocycles. The van der Waals surface area contributed by atoms with Gasteiger partial charge >= 0.3 is 11.9 Å². The highest BCUT2D eigenvalue weighted by atomic mass is 16.6. The lowest BCUT2D eigenvalue weighted by Crippen LogP contribution is -2.31. The molecule has 2 aromatic carbocycles. The number of para-hydroxylation sites is 1. The third-order valence-electron chi connectivity index (χ3n) is 3.30. The van der Waals surface area contributed by atoms with Crippen molar-refractivity contribution in [2.45, 2.75) is 26.4 Å². The Hall–Kier alpha value is -2.82. The topological polar surface area (TPSA) is 72.8 Å². The fourth-order valence-corrected chi connectivity index (χ4v) is 2.01. The number of carbonyl (C=O) groups is 2. The van der Waals surface area contributed by atoms with Crippen LogP contribution in [0.4, 0.5) is 0 Å². The zero-order chi connectivity index (χ0) is 16.8. The number of carboxylic acid groups (broad SMARTS) is 1. The van der Waals surface area contributed by atoms with E-state index >= 15 is 0 Å². The SMILES string of the molecule is CCC(Oc1ccccc1C)C(=O)Oc1cccc(C(=O)O)c1. The number of hydrogen-bond donors (Lipinski definition) is 1. The van der Waals surface area contributed by atoms with E-state index in [1.165, 1.54) is 24.3 Å². The maximum atomic E-state index is 12.2. The number of esters is 1. The first kappa shape index (κ1) is 16.5. The van der Waals surface area contributed by atoms with Gasteiger partial charge < -0.3 is 14.6 Å². The molecule has 5 nitrogen and oxygen atoms in total. The molecule has 1 N–H and O–H groups in total. The van der Waals surface area contributed by atoms with Gasteiger partial charge in [0.25, 0.3) is 0 Å². The Morgan fingerprint density at radius 1 is 1.13 bits per heavy atom. The van der Waals surface area contributed by atoms with Gasteiger partial charge in [-0.05, 0) is 43.2 Å². The van der Waals surface area contributed by atoms with Crippen LogP contribution in [0.25, 0.3) is 0 Å². The van der Waals surface area contributed by atoms with E-state index in [2.05, 4.69) is 0 Å². The van der Waals surface area contributed by atoms with Crippen LogP contribution in [0.2, 0.25) is 0 Å². The van der Waals surface area contributed by atoms with Crippen molar-refractivity contribution >= 4 is 11.9 Å². The van der Waals surface area contributed by atoms with Gasteiger partial charge in [0.15, 0.2) is 6.10 Å². The number of aryl methyl sites for hydroxylation is 1. The molecule has 1 atom stereocenters. The zero-order valence-electron chi connectivity index (χ0n) is 13.0. The molecule has 2 rings (SSSR count). The largest absolute Gasteiger partial charge is 0.478 e. The van der Waals surface area contributed by atoms with Crippen molar-refractivity contribution in [3.8, 4) is 11.5 Å². The summed E-state index contributed by atoms with van der Waals surface area (Å²) in [6.45, 7) is 3.71. The van der Waals surface area contributed by atoms with Gasteiger partial charge in [0.05, 0.1) is 5.56 Å². The molecule has 0 bridgehead atoms. The van der Waals surface area contributed by atoms with Crippen LogP contribution in [-0.2, 0) is 4.79 Å². The number of aromatic carboxylic acids is 1. The van der Waals surface area contributed by atoms with Gasteiger partial charge in [-0.15, -0.1) is 0 Å². The lowest BCUT2D eigenvalue weighted by molar-refractivity contribution is -0.142. The molecule has 23 heavy (non-hydrogen) atoms. The molecule has 0 spiro atoms. The molecule has 0 aromatic heterocycles. The van der Waals surface area contributed by atoms with Crippen LogP contribution < -0.4 is 9.47 Å². The van der Waals surface area contributed by atoms with E-state index in [-0.39, 0.29) is 11.3 Å². The van der Waals surface area contributed by atoms with E-state index < -0.39 is 18.0 Å². The van der Waals surface area contributed by atoms with Gasteiger partial charge in [-0.3, -0.25) is 0 Å². The number of carboxylic acids is 1. The summed E-state index contributed by atoms with van der Waals surface area (Å²) in [6, 6.07) is 13.2. The molecule has 0 fully saturated rings. The van der Waals surface area contributed by atoms with Crippen molar-refractivity contribution in [1.82, 2.24) is 0 Å². The lowest BCUT2D eigenvalue weighted by Gasteiger charge is -2.17. The van der Waals surface area contributed by atoms with E-state index in [1.807, 2.05) is 32.0 Å². The molecule has 0 aliphatic rings. The molecule has 2 aromatic rings. The smallest absolute Gasteiger partial charge is 0.352 e. The highest BCUT2D eigenvalue weighted by Gasteiger charge is 2.21. The summed E-state index contributed by atoms with van der Waals surface area (Å²) in [7, 11) is 0. The highest BCUT2D eigenvalue weighted by Crippen LogP contribution is 2.20. The number of carbonyl (C=O) groups excluding carboxylic acids is 1. The summed E-state index contributed by atoms with van der Waals surface area (Å²) in [6.07, 6.45) is -0.323. The fraction of sp³-hybridized carbons (Fsp3) is 0.222. The highest BCUT2D eigenvalue weighted by molar-refractivity contribution is 5.88. The standard InChI is InChI=1S/C18H18O5/c1-3-15(23-16-10-5-4-7-12(16)2)18(21)22-14-9-6-8-13(11-14)17(19)20/h4-11,15H,3H2,1-2H3,(H,19,20). The van der Waals surface area contributed by atoms with Crippen LogP contribution in [0, 0.1) is 6.92 Å². The predicted octanol–water partition coefficient (Wildman–Crippen LogP) is 3.46. The first-order valence-corrected chi connectivity index (χ1v) is 7.28. The predicted molar refractivity (Wildman–Crippen MR) is 84.9 cm³/mol. The minimum absolute atomic E-state index is 0.0585. The van der Waals surface area contributed by atoms with Crippen molar-refractivity contribution in [1.29, 1.82) is 0 Å². The van der Waals surface area contributed by atoms with Gasteiger partial charge in [0, 0.05) is 0 Å². The van der Waals surface area contributed by atoms with Crippen LogP contribution in [0.15, 0.2) is 48.5 Å². The van der Waals surface area contributed by atoms with Gasteiger partial charge in [-0.25, -0.2) is 9.59 Å². The first-order chi connectivity index (χ1) is 11.0. The molecular weight excluding hydrogens is 296 g/mol. The Labute approximate surface area is 134 Å². The maximum Gasteiger partial charge on any atom is 0.352 e. The summed E-state index contributed by atoms with van der Waals surface area (Å²) in [5.41, 5.74) is 0.981. The van der Waals surface area contributed by atoms with E-state index in [0.717, 1.165) is 5.56 Å².